The minimum absolute atomic E-state index is 0.0323. The maximum absolute atomic E-state index is 12.6. The molecule has 2 aliphatic rings. The maximum Gasteiger partial charge on any atom is 0.276 e. The number of carbonyl (C=O) groups excluding carboxylic acids is 1. The summed E-state index contributed by atoms with van der Waals surface area (Å²) in [6, 6.07) is 2.72. The molecule has 2 aliphatic heterocycles. The van der Waals surface area contributed by atoms with Crippen LogP contribution in [0.2, 0.25) is 0 Å². The number of hydrogen-bond acceptors (Lipinski definition) is 5. The van der Waals surface area contributed by atoms with Crippen LogP contribution >= 0.6 is 0 Å². The molecule has 0 aliphatic carbocycles. The van der Waals surface area contributed by atoms with Gasteiger partial charge in [-0.2, -0.15) is 0 Å². The number of hydrogen-bond donors (Lipinski definition) is 0. The van der Waals surface area contributed by atoms with Crippen LogP contribution in [0.25, 0.3) is 0 Å². The minimum Gasteiger partial charge on any atom is -0.381 e. The Morgan fingerprint density at radius 2 is 1.92 bits per heavy atom. The third-order valence-electron chi connectivity index (χ3n) is 5.39. The van der Waals surface area contributed by atoms with Crippen molar-refractivity contribution in [1.82, 2.24) is 15.0 Å². The number of piperidine rings is 1. The zero-order valence-electron chi connectivity index (χ0n) is 15.0. The Morgan fingerprint density at radius 3 is 2.50 bits per heavy atom. The summed E-state index contributed by atoms with van der Waals surface area (Å²) in [6.07, 6.45) is 4.32. The fourth-order valence-corrected chi connectivity index (χ4v) is 3.70. The first-order valence-corrected chi connectivity index (χ1v) is 9.12. The van der Waals surface area contributed by atoms with Gasteiger partial charge in [0.25, 0.3) is 5.91 Å². The van der Waals surface area contributed by atoms with E-state index in [0.29, 0.717) is 11.7 Å². The minimum atomic E-state index is -0.0323. The summed E-state index contributed by atoms with van der Waals surface area (Å²) in [4.78, 5) is 17.1. The Kier molecular flexibility index (Phi) is 5.56. The second-order valence-electron chi connectivity index (χ2n) is 7.30. The zero-order chi connectivity index (χ0) is 17.1. The van der Waals surface area contributed by atoms with Gasteiger partial charge in [-0.15, -0.1) is 0 Å². The van der Waals surface area contributed by atoms with Gasteiger partial charge in [0.05, 0.1) is 0 Å². The average Bonchev–Trinajstić information content (AvgIpc) is 3.12. The first-order valence-electron chi connectivity index (χ1n) is 9.12. The number of rotatable bonds is 4. The van der Waals surface area contributed by atoms with Gasteiger partial charge >= 0.3 is 0 Å². The van der Waals surface area contributed by atoms with Gasteiger partial charge in [-0.25, -0.2) is 0 Å². The van der Waals surface area contributed by atoms with E-state index in [1.54, 1.807) is 6.07 Å². The number of amides is 1. The SMILES string of the molecule is CC(C)c1cc(C(=O)N(C)C2CCN(C3CCOCC3)CC2)no1. The second kappa shape index (κ2) is 7.66. The highest BCUT2D eigenvalue weighted by Gasteiger charge is 2.30. The lowest BCUT2D eigenvalue weighted by molar-refractivity contribution is 0.0158. The van der Waals surface area contributed by atoms with Crippen molar-refractivity contribution in [2.45, 2.75) is 57.5 Å². The molecule has 0 N–H and O–H groups in total. The van der Waals surface area contributed by atoms with Crippen LogP contribution in [-0.2, 0) is 4.74 Å². The maximum atomic E-state index is 12.6. The molecule has 3 heterocycles. The lowest BCUT2D eigenvalue weighted by atomic mass is 9.98. The van der Waals surface area contributed by atoms with Gasteiger partial charge in [0.2, 0.25) is 0 Å². The Bertz CT molecular complexity index is 543. The quantitative estimate of drug-likeness (QED) is 0.846. The van der Waals surface area contributed by atoms with Crippen LogP contribution in [0.5, 0.6) is 0 Å². The fourth-order valence-electron chi connectivity index (χ4n) is 3.70. The van der Waals surface area contributed by atoms with Gasteiger partial charge in [-0.3, -0.25) is 4.79 Å². The standard InChI is InChI=1S/C18H29N3O3/c1-13(2)17-12-16(19-24-17)18(22)20(3)14-4-8-21(9-5-14)15-6-10-23-11-7-15/h12-15H,4-11H2,1-3H3. The zero-order valence-corrected chi connectivity index (χ0v) is 15.0. The molecular formula is C18H29N3O3. The molecule has 0 spiro atoms. The first-order chi connectivity index (χ1) is 11.6. The molecule has 134 valence electrons. The Hall–Kier alpha value is -1.40. The average molecular weight is 335 g/mol. The third kappa shape index (κ3) is 3.81. The molecule has 6 heteroatoms. The number of aromatic nitrogens is 1. The van der Waals surface area contributed by atoms with Crippen LogP contribution in [0.4, 0.5) is 0 Å². The number of ether oxygens (including phenoxy) is 1. The van der Waals surface area contributed by atoms with Crippen LogP contribution in [0, 0.1) is 0 Å². The molecule has 0 aromatic carbocycles. The second-order valence-corrected chi connectivity index (χ2v) is 7.30. The van der Waals surface area contributed by atoms with Crippen molar-refractivity contribution in [3.63, 3.8) is 0 Å². The molecular weight excluding hydrogens is 306 g/mol. The van der Waals surface area contributed by atoms with Crippen molar-refractivity contribution in [3.05, 3.63) is 17.5 Å². The molecule has 1 aromatic heterocycles. The summed E-state index contributed by atoms with van der Waals surface area (Å²) < 4.78 is 10.7. The number of carbonyl (C=O) groups is 1. The van der Waals surface area contributed by atoms with E-state index < -0.39 is 0 Å². The van der Waals surface area contributed by atoms with Gasteiger partial charge in [0.15, 0.2) is 5.69 Å². The molecule has 0 bridgehead atoms. The lowest BCUT2D eigenvalue weighted by Crippen LogP contribution is -2.49. The van der Waals surface area contributed by atoms with Crippen molar-refractivity contribution in [2.75, 3.05) is 33.4 Å². The summed E-state index contributed by atoms with van der Waals surface area (Å²) in [5, 5.41) is 3.95. The molecule has 2 fully saturated rings. The molecule has 0 saturated carbocycles. The van der Waals surface area contributed by atoms with Gasteiger partial charge in [-0.1, -0.05) is 19.0 Å². The summed E-state index contributed by atoms with van der Waals surface area (Å²) >= 11 is 0. The van der Waals surface area contributed by atoms with Crippen LogP contribution in [0.15, 0.2) is 10.6 Å². The van der Waals surface area contributed by atoms with Crippen molar-refractivity contribution in [2.24, 2.45) is 0 Å². The summed E-state index contributed by atoms with van der Waals surface area (Å²) in [5.74, 6) is 0.975. The van der Waals surface area contributed by atoms with E-state index in [0.717, 1.165) is 57.7 Å². The molecule has 24 heavy (non-hydrogen) atoms. The largest absolute Gasteiger partial charge is 0.381 e. The van der Waals surface area contributed by atoms with E-state index in [4.69, 9.17) is 9.26 Å². The molecule has 0 atom stereocenters. The highest BCUT2D eigenvalue weighted by atomic mass is 16.5. The van der Waals surface area contributed by atoms with Gasteiger partial charge in [-0.05, 0) is 25.7 Å². The first kappa shape index (κ1) is 17.4. The molecule has 1 aromatic rings. The Balaban J connectivity index is 1.54. The van der Waals surface area contributed by atoms with Crippen LogP contribution in [-0.4, -0.2) is 66.3 Å². The van der Waals surface area contributed by atoms with Gasteiger partial charge < -0.3 is 19.1 Å². The van der Waals surface area contributed by atoms with E-state index in [1.165, 1.54) is 0 Å². The van der Waals surface area contributed by atoms with E-state index in [1.807, 2.05) is 25.8 Å². The van der Waals surface area contributed by atoms with Crippen LogP contribution < -0.4 is 0 Å². The monoisotopic (exact) mass is 335 g/mol. The van der Waals surface area contributed by atoms with Crippen LogP contribution in [0.1, 0.15) is 61.7 Å². The molecule has 6 nitrogen and oxygen atoms in total. The smallest absolute Gasteiger partial charge is 0.276 e. The molecule has 1 amide bonds. The normalized spacial score (nSPS) is 21.3. The van der Waals surface area contributed by atoms with E-state index in [2.05, 4.69) is 10.1 Å². The van der Waals surface area contributed by atoms with Crippen molar-refractivity contribution >= 4 is 5.91 Å². The molecule has 2 saturated heterocycles. The molecule has 0 radical (unpaired) electrons. The van der Waals surface area contributed by atoms with Gasteiger partial charge in [0, 0.05) is 57.4 Å². The number of likely N-dealkylation sites (tertiary alicyclic amines) is 1. The number of nitrogens with zero attached hydrogens (tertiary/aromatic N) is 3. The summed E-state index contributed by atoms with van der Waals surface area (Å²) in [7, 11) is 1.89. The third-order valence-corrected chi connectivity index (χ3v) is 5.39. The van der Waals surface area contributed by atoms with E-state index in [-0.39, 0.29) is 17.9 Å². The van der Waals surface area contributed by atoms with Crippen molar-refractivity contribution in [1.29, 1.82) is 0 Å². The topological polar surface area (TPSA) is 58.8 Å². The van der Waals surface area contributed by atoms with Crippen molar-refractivity contribution in [3.8, 4) is 0 Å². The molecule has 3 rings (SSSR count). The summed E-state index contributed by atoms with van der Waals surface area (Å²) in [5.41, 5.74) is 0.424. The molecule has 0 unspecified atom stereocenters. The highest BCUT2D eigenvalue weighted by molar-refractivity contribution is 5.92. The lowest BCUT2D eigenvalue weighted by Gasteiger charge is -2.41. The Morgan fingerprint density at radius 1 is 1.25 bits per heavy atom. The van der Waals surface area contributed by atoms with E-state index in [9.17, 15) is 4.79 Å². The predicted octanol–water partition coefficient (Wildman–Crippen LogP) is 2.51. The van der Waals surface area contributed by atoms with E-state index >= 15 is 0 Å². The summed E-state index contributed by atoms with van der Waals surface area (Å²) in [6.45, 7) is 7.95. The van der Waals surface area contributed by atoms with Crippen molar-refractivity contribution < 1.29 is 14.1 Å². The highest BCUT2D eigenvalue weighted by Crippen LogP contribution is 2.23. The predicted molar refractivity (Wildman–Crippen MR) is 91.1 cm³/mol. The fraction of sp³-hybridized carbons (Fsp3) is 0.778. The Labute approximate surface area is 144 Å². The van der Waals surface area contributed by atoms with Gasteiger partial charge in [0.1, 0.15) is 5.76 Å². The van der Waals surface area contributed by atoms with Crippen LogP contribution in [0.3, 0.4) is 0 Å².